The average Bonchev–Trinajstić information content (AvgIpc) is 2.56. The Balaban J connectivity index is 2.04. The van der Waals surface area contributed by atoms with Crippen LogP contribution in [0.2, 0.25) is 0 Å². The maximum Gasteiger partial charge on any atom is 0.153 e. The molecule has 2 saturated heterocycles. The van der Waals surface area contributed by atoms with E-state index < -0.39 is 9.84 Å². The van der Waals surface area contributed by atoms with Gasteiger partial charge in [0.1, 0.15) is 0 Å². The van der Waals surface area contributed by atoms with Crippen molar-refractivity contribution in [3.63, 3.8) is 0 Å². The molecule has 0 spiro atoms. The maximum absolute atomic E-state index is 11.9. The molecule has 2 fully saturated rings. The minimum absolute atomic E-state index is 0.0784. The van der Waals surface area contributed by atoms with Crippen molar-refractivity contribution in [1.82, 2.24) is 5.32 Å². The van der Waals surface area contributed by atoms with Crippen molar-refractivity contribution in [2.24, 2.45) is 0 Å². The van der Waals surface area contributed by atoms with Crippen molar-refractivity contribution in [3.8, 4) is 0 Å². The molecule has 0 aromatic heterocycles. The molecule has 0 bridgehead atoms. The Morgan fingerprint density at radius 2 is 2.13 bits per heavy atom. The van der Waals surface area contributed by atoms with Crippen molar-refractivity contribution in [2.75, 3.05) is 12.3 Å². The molecule has 15 heavy (non-hydrogen) atoms. The second kappa shape index (κ2) is 4.06. The monoisotopic (exact) mass is 231 g/mol. The molecule has 2 rings (SSSR count). The van der Waals surface area contributed by atoms with E-state index in [-0.39, 0.29) is 10.8 Å². The maximum atomic E-state index is 11.9. The molecule has 0 aromatic rings. The molecular weight excluding hydrogens is 210 g/mol. The van der Waals surface area contributed by atoms with Gasteiger partial charge in [-0.2, -0.15) is 0 Å². The normalized spacial score (nSPS) is 40.5. The molecule has 4 heteroatoms. The van der Waals surface area contributed by atoms with Gasteiger partial charge in [0.2, 0.25) is 0 Å². The molecule has 1 N–H and O–H groups in total. The summed E-state index contributed by atoms with van der Waals surface area (Å²) in [5.74, 6) is 0.410. The first-order chi connectivity index (χ1) is 7.02. The highest BCUT2D eigenvalue weighted by atomic mass is 32.2. The zero-order valence-electron chi connectivity index (χ0n) is 9.46. The Bertz CT molecular complexity index is 317. The highest BCUT2D eigenvalue weighted by Crippen LogP contribution is 2.31. The predicted molar refractivity (Wildman–Crippen MR) is 61.7 cm³/mol. The third-order valence-corrected chi connectivity index (χ3v) is 6.12. The Morgan fingerprint density at radius 1 is 1.33 bits per heavy atom. The molecule has 0 amide bonds. The van der Waals surface area contributed by atoms with Crippen LogP contribution < -0.4 is 5.32 Å². The first-order valence-corrected chi connectivity index (χ1v) is 7.70. The van der Waals surface area contributed by atoms with E-state index in [9.17, 15) is 8.42 Å². The van der Waals surface area contributed by atoms with Crippen LogP contribution in [0.3, 0.4) is 0 Å². The lowest BCUT2D eigenvalue weighted by Crippen LogP contribution is -2.43. The standard InChI is InChI=1S/C11H21NO2S/c1-11(6-4-7-12-11)9-10-5-2-3-8-15(10,13)14/h10,12H,2-9H2,1H3. The summed E-state index contributed by atoms with van der Waals surface area (Å²) in [6.45, 7) is 3.22. The summed E-state index contributed by atoms with van der Waals surface area (Å²) in [5.41, 5.74) is 0.0784. The molecule has 0 saturated carbocycles. The molecule has 2 aliphatic rings. The van der Waals surface area contributed by atoms with Gasteiger partial charge in [0.05, 0.1) is 11.0 Å². The van der Waals surface area contributed by atoms with E-state index in [4.69, 9.17) is 0 Å². The predicted octanol–water partition coefficient (Wildman–Crippen LogP) is 1.49. The minimum Gasteiger partial charge on any atom is -0.311 e. The van der Waals surface area contributed by atoms with Gasteiger partial charge in [0.15, 0.2) is 9.84 Å². The summed E-state index contributed by atoms with van der Waals surface area (Å²) in [5, 5.41) is 3.37. The van der Waals surface area contributed by atoms with Crippen LogP contribution in [-0.4, -0.2) is 31.5 Å². The Morgan fingerprint density at radius 3 is 2.73 bits per heavy atom. The summed E-state index contributed by atoms with van der Waals surface area (Å²) in [4.78, 5) is 0. The SMILES string of the molecule is CC1(CC2CCCCS2(=O)=O)CCCN1. The van der Waals surface area contributed by atoms with Crippen LogP contribution in [0.1, 0.15) is 45.4 Å². The molecule has 2 unspecified atom stereocenters. The first kappa shape index (κ1) is 11.4. The Kier molecular flexibility index (Phi) is 3.08. The van der Waals surface area contributed by atoms with Gasteiger partial charge in [0, 0.05) is 5.54 Å². The molecule has 3 nitrogen and oxygen atoms in total. The van der Waals surface area contributed by atoms with Gasteiger partial charge in [-0.3, -0.25) is 0 Å². The number of hydrogen-bond donors (Lipinski definition) is 1. The van der Waals surface area contributed by atoms with Gasteiger partial charge >= 0.3 is 0 Å². The molecular formula is C11H21NO2S. The third kappa shape index (κ3) is 2.53. The van der Waals surface area contributed by atoms with Gasteiger partial charge in [-0.1, -0.05) is 6.42 Å². The van der Waals surface area contributed by atoms with Crippen molar-refractivity contribution >= 4 is 9.84 Å². The lowest BCUT2D eigenvalue weighted by atomic mass is 9.92. The van der Waals surface area contributed by atoms with Crippen molar-refractivity contribution < 1.29 is 8.42 Å². The molecule has 0 aliphatic carbocycles. The smallest absolute Gasteiger partial charge is 0.153 e. The fraction of sp³-hybridized carbons (Fsp3) is 1.00. The first-order valence-electron chi connectivity index (χ1n) is 5.98. The van der Waals surface area contributed by atoms with E-state index in [1.54, 1.807) is 0 Å². The van der Waals surface area contributed by atoms with E-state index in [2.05, 4.69) is 12.2 Å². The number of nitrogens with one attached hydrogen (secondary N) is 1. The second-order valence-electron chi connectivity index (χ2n) is 5.28. The van der Waals surface area contributed by atoms with Gasteiger partial charge < -0.3 is 5.32 Å². The number of rotatable bonds is 2. The van der Waals surface area contributed by atoms with E-state index in [1.165, 1.54) is 6.42 Å². The topological polar surface area (TPSA) is 46.2 Å². The van der Waals surface area contributed by atoms with Crippen LogP contribution in [0.25, 0.3) is 0 Å². The van der Waals surface area contributed by atoms with Crippen molar-refractivity contribution in [2.45, 2.75) is 56.2 Å². The summed E-state index contributed by atoms with van der Waals surface area (Å²) < 4.78 is 23.8. The average molecular weight is 231 g/mol. The van der Waals surface area contributed by atoms with E-state index in [0.29, 0.717) is 5.75 Å². The molecule has 0 aromatic carbocycles. The van der Waals surface area contributed by atoms with E-state index in [1.807, 2.05) is 0 Å². The summed E-state index contributed by atoms with van der Waals surface area (Å²) >= 11 is 0. The van der Waals surface area contributed by atoms with Gasteiger partial charge in [-0.15, -0.1) is 0 Å². The minimum atomic E-state index is -2.79. The quantitative estimate of drug-likeness (QED) is 0.783. The van der Waals surface area contributed by atoms with Crippen LogP contribution in [0.5, 0.6) is 0 Å². The Hall–Kier alpha value is -0.0900. The molecule has 88 valence electrons. The van der Waals surface area contributed by atoms with Gasteiger partial charge in [-0.25, -0.2) is 8.42 Å². The van der Waals surface area contributed by atoms with Crippen LogP contribution in [0, 0.1) is 0 Å². The highest BCUT2D eigenvalue weighted by Gasteiger charge is 2.37. The van der Waals surface area contributed by atoms with Crippen molar-refractivity contribution in [3.05, 3.63) is 0 Å². The second-order valence-corrected chi connectivity index (χ2v) is 7.68. The van der Waals surface area contributed by atoms with E-state index >= 15 is 0 Å². The number of sulfone groups is 1. The fourth-order valence-corrected chi connectivity index (χ4v) is 4.97. The van der Waals surface area contributed by atoms with E-state index in [0.717, 1.165) is 38.6 Å². The lowest BCUT2D eigenvalue weighted by Gasteiger charge is -2.31. The van der Waals surface area contributed by atoms with Gasteiger partial charge in [0.25, 0.3) is 0 Å². The number of hydrogen-bond acceptors (Lipinski definition) is 3. The van der Waals surface area contributed by atoms with Crippen LogP contribution >= 0.6 is 0 Å². The zero-order chi connectivity index (χ0) is 10.9. The zero-order valence-corrected chi connectivity index (χ0v) is 10.3. The Labute approximate surface area is 92.6 Å². The molecule has 2 aliphatic heterocycles. The molecule has 2 atom stereocenters. The van der Waals surface area contributed by atoms with Crippen LogP contribution in [0.4, 0.5) is 0 Å². The fourth-order valence-electron chi connectivity index (χ4n) is 2.88. The third-order valence-electron chi connectivity index (χ3n) is 3.85. The summed E-state index contributed by atoms with van der Waals surface area (Å²) in [6.07, 6.45) is 5.94. The summed E-state index contributed by atoms with van der Waals surface area (Å²) in [6, 6.07) is 0. The lowest BCUT2D eigenvalue weighted by molar-refractivity contribution is 0.360. The molecule has 0 radical (unpaired) electrons. The van der Waals surface area contributed by atoms with Gasteiger partial charge in [-0.05, 0) is 45.6 Å². The highest BCUT2D eigenvalue weighted by molar-refractivity contribution is 7.92. The summed E-state index contributed by atoms with van der Waals surface area (Å²) in [7, 11) is -2.79. The van der Waals surface area contributed by atoms with Crippen LogP contribution in [0.15, 0.2) is 0 Å². The largest absolute Gasteiger partial charge is 0.311 e. The van der Waals surface area contributed by atoms with Crippen molar-refractivity contribution in [1.29, 1.82) is 0 Å². The molecule has 2 heterocycles. The van der Waals surface area contributed by atoms with Crippen LogP contribution in [-0.2, 0) is 9.84 Å².